The molecule has 0 aliphatic carbocycles. The minimum Gasteiger partial charge on any atom is -0.493 e. The lowest BCUT2D eigenvalue weighted by Gasteiger charge is -2.20. The molecule has 1 atom stereocenters. The predicted octanol–water partition coefficient (Wildman–Crippen LogP) is 4.09. The van der Waals surface area contributed by atoms with Crippen LogP contribution in [0.5, 0.6) is 5.75 Å². The van der Waals surface area contributed by atoms with Crippen LogP contribution in [0, 0.1) is 29.2 Å². The number of carbonyl (C=O) groups excluding carboxylic acids is 2. The molecule has 0 fully saturated rings. The SMILES string of the molecule is CC(C)C[C@H](NCCCOc1cc(F)c(-n2c(N)c(C(=O)c3ccc(F)cc3F)ccc2=O)c(F)c1)C(=O)OCCN(C)C. The van der Waals surface area contributed by atoms with Crippen LogP contribution in [0.1, 0.15) is 42.6 Å². The molecule has 1 heterocycles. The van der Waals surface area contributed by atoms with Gasteiger partial charge >= 0.3 is 5.97 Å². The van der Waals surface area contributed by atoms with E-state index < -0.39 is 63.3 Å². The second-order valence-corrected chi connectivity index (χ2v) is 10.8. The number of halogens is 4. The van der Waals surface area contributed by atoms with Crippen molar-refractivity contribution in [3.63, 3.8) is 0 Å². The number of pyridine rings is 1. The number of hydrogen-bond acceptors (Lipinski definition) is 8. The number of anilines is 1. The number of hydrogen-bond donors (Lipinski definition) is 2. The summed E-state index contributed by atoms with van der Waals surface area (Å²) in [6.07, 6.45) is 0.953. The molecule has 9 nitrogen and oxygen atoms in total. The van der Waals surface area contributed by atoms with Crippen LogP contribution in [0.3, 0.4) is 0 Å². The van der Waals surface area contributed by atoms with Gasteiger partial charge in [0.1, 0.15) is 41.5 Å². The highest BCUT2D eigenvalue weighted by Gasteiger charge is 2.24. The summed E-state index contributed by atoms with van der Waals surface area (Å²) in [7, 11) is 3.75. The monoisotopic (exact) mass is 620 g/mol. The number of aromatic nitrogens is 1. The fourth-order valence-electron chi connectivity index (χ4n) is 4.34. The first-order chi connectivity index (χ1) is 20.8. The van der Waals surface area contributed by atoms with Crippen molar-refractivity contribution in [1.29, 1.82) is 0 Å². The summed E-state index contributed by atoms with van der Waals surface area (Å²) < 4.78 is 69.1. The fourth-order valence-corrected chi connectivity index (χ4v) is 4.34. The third-order valence-electron chi connectivity index (χ3n) is 6.52. The second kappa shape index (κ2) is 15.5. The standard InChI is InChI=1S/C31H36F4N4O5/c1-18(2)14-26(31(42)44-13-11-38(3)4)37-10-5-12-43-20-16-24(34)28(25(35)17-20)39-27(40)9-8-22(30(39)36)29(41)21-7-6-19(32)15-23(21)33/h6-9,15-18,26,37H,5,10-14,36H2,1-4H3/t26-/m0/s1. The van der Waals surface area contributed by atoms with Crippen LogP contribution >= 0.6 is 0 Å². The van der Waals surface area contributed by atoms with Crippen LogP contribution in [-0.4, -0.2) is 67.7 Å². The topological polar surface area (TPSA) is 116 Å². The van der Waals surface area contributed by atoms with E-state index in [1.165, 1.54) is 0 Å². The highest BCUT2D eigenvalue weighted by molar-refractivity contribution is 6.11. The molecule has 44 heavy (non-hydrogen) atoms. The van der Waals surface area contributed by atoms with Gasteiger partial charge in [-0.3, -0.25) is 19.0 Å². The highest BCUT2D eigenvalue weighted by Crippen LogP contribution is 2.27. The number of ketones is 1. The molecule has 13 heteroatoms. The molecule has 0 aliphatic rings. The number of nitrogens with two attached hydrogens (primary N) is 1. The Bertz CT molecular complexity index is 1520. The number of nitrogen functional groups attached to an aromatic ring is 1. The summed E-state index contributed by atoms with van der Waals surface area (Å²) in [4.78, 5) is 39.9. The van der Waals surface area contributed by atoms with Crippen molar-refractivity contribution in [2.24, 2.45) is 5.92 Å². The van der Waals surface area contributed by atoms with Crippen LogP contribution in [0.25, 0.3) is 5.69 Å². The molecule has 238 valence electrons. The Morgan fingerprint density at radius 2 is 1.61 bits per heavy atom. The summed E-state index contributed by atoms with van der Waals surface area (Å²) in [5.74, 6) is -6.44. The maximum Gasteiger partial charge on any atom is 0.323 e. The lowest BCUT2D eigenvalue weighted by Crippen LogP contribution is -2.40. The molecule has 3 N–H and O–H groups in total. The van der Waals surface area contributed by atoms with Crippen molar-refractivity contribution in [3.05, 3.63) is 87.2 Å². The lowest BCUT2D eigenvalue weighted by molar-refractivity contribution is -0.146. The van der Waals surface area contributed by atoms with Crippen LogP contribution in [-0.2, 0) is 9.53 Å². The number of ether oxygens (including phenoxy) is 2. The summed E-state index contributed by atoms with van der Waals surface area (Å²) in [6, 6.07) is 5.30. The van der Waals surface area contributed by atoms with Gasteiger partial charge in [0.2, 0.25) is 0 Å². The average molecular weight is 621 g/mol. The Kier molecular flexibility index (Phi) is 12.1. The number of esters is 1. The summed E-state index contributed by atoms with van der Waals surface area (Å²) >= 11 is 0. The van der Waals surface area contributed by atoms with Gasteiger partial charge in [-0.15, -0.1) is 0 Å². The molecule has 0 saturated heterocycles. The number of nitrogens with one attached hydrogen (secondary N) is 1. The predicted molar refractivity (Wildman–Crippen MR) is 157 cm³/mol. The molecular weight excluding hydrogens is 584 g/mol. The first-order valence-electron chi connectivity index (χ1n) is 14.0. The van der Waals surface area contributed by atoms with E-state index in [0.29, 0.717) is 36.6 Å². The van der Waals surface area contributed by atoms with E-state index in [2.05, 4.69) is 5.32 Å². The molecule has 0 unspecified atom stereocenters. The third kappa shape index (κ3) is 8.89. The zero-order chi connectivity index (χ0) is 32.6. The molecule has 0 saturated carbocycles. The average Bonchev–Trinajstić information content (AvgIpc) is 2.92. The van der Waals surface area contributed by atoms with E-state index in [4.69, 9.17) is 15.2 Å². The molecule has 2 aromatic carbocycles. The highest BCUT2D eigenvalue weighted by atomic mass is 19.1. The second-order valence-electron chi connectivity index (χ2n) is 10.8. The van der Waals surface area contributed by atoms with E-state index in [1.807, 2.05) is 32.8 Å². The minimum atomic E-state index is -1.21. The molecule has 0 spiro atoms. The van der Waals surface area contributed by atoms with Gasteiger partial charge in [0.25, 0.3) is 5.56 Å². The van der Waals surface area contributed by atoms with E-state index in [0.717, 1.165) is 36.4 Å². The van der Waals surface area contributed by atoms with Gasteiger partial charge in [-0.25, -0.2) is 17.6 Å². The van der Waals surface area contributed by atoms with Crippen molar-refractivity contribution in [2.75, 3.05) is 46.1 Å². The molecule has 0 aliphatic heterocycles. The van der Waals surface area contributed by atoms with Crippen molar-refractivity contribution < 1.29 is 36.6 Å². The van der Waals surface area contributed by atoms with Crippen molar-refractivity contribution in [3.8, 4) is 11.4 Å². The fraction of sp³-hybridized carbons (Fsp3) is 0.387. The Balaban J connectivity index is 1.70. The number of nitrogens with zero attached hydrogens (tertiary/aromatic N) is 2. The Morgan fingerprint density at radius 3 is 2.23 bits per heavy atom. The smallest absolute Gasteiger partial charge is 0.323 e. The van der Waals surface area contributed by atoms with Gasteiger partial charge in [-0.05, 0) is 57.6 Å². The molecule has 1 aromatic heterocycles. The zero-order valence-electron chi connectivity index (χ0n) is 25.0. The summed E-state index contributed by atoms with van der Waals surface area (Å²) in [5.41, 5.74) is 3.21. The van der Waals surface area contributed by atoms with E-state index in [1.54, 1.807) is 0 Å². The van der Waals surface area contributed by atoms with Crippen LogP contribution in [0.15, 0.2) is 47.3 Å². The van der Waals surface area contributed by atoms with Crippen LogP contribution in [0.4, 0.5) is 23.4 Å². The van der Waals surface area contributed by atoms with Gasteiger partial charge in [0.05, 0.1) is 17.7 Å². The molecule has 0 amide bonds. The Hall–Kier alpha value is -4.23. The Morgan fingerprint density at radius 1 is 0.955 bits per heavy atom. The van der Waals surface area contributed by atoms with Crippen LogP contribution in [0.2, 0.25) is 0 Å². The molecular formula is C31H36F4N4O5. The van der Waals surface area contributed by atoms with Crippen molar-refractivity contribution >= 4 is 17.6 Å². The van der Waals surface area contributed by atoms with E-state index >= 15 is 8.78 Å². The van der Waals surface area contributed by atoms with Gasteiger partial charge in [0, 0.05) is 30.8 Å². The molecule has 0 radical (unpaired) electrons. The first kappa shape index (κ1) is 34.3. The van der Waals surface area contributed by atoms with E-state index in [-0.39, 0.29) is 30.9 Å². The molecule has 0 bridgehead atoms. The summed E-state index contributed by atoms with van der Waals surface area (Å²) in [5, 5.41) is 3.14. The van der Waals surface area contributed by atoms with Gasteiger partial charge in [-0.2, -0.15) is 0 Å². The van der Waals surface area contributed by atoms with Crippen LogP contribution < -0.4 is 21.3 Å². The number of rotatable bonds is 15. The first-order valence-corrected chi connectivity index (χ1v) is 14.0. The Labute approximate surface area is 252 Å². The normalized spacial score (nSPS) is 12.0. The lowest BCUT2D eigenvalue weighted by atomic mass is 10.0. The molecule has 3 aromatic rings. The van der Waals surface area contributed by atoms with Gasteiger partial charge in [0.15, 0.2) is 17.4 Å². The zero-order valence-corrected chi connectivity index (χ0v) is 25.0. The largest absolute Gasteiger partial charge is 0.493 e. The number of likely N-dealkylation sites (N-methyl/N-ethyl adjacent to an activating group) is 1. The minimum absolute atomic E-state index is 0.0462. The maximum absolute atomic E-state index is 15.2. The van der Waals surface area contributed by atoms with Crippen molar-refractivity contribution in [1.82, 2.24) is 14.8 Å². The van der Waals surface area contributed by atoms with Gasteiger partial charge < -0.3 is 25.4 Å². The van der Waals surface area contributed by atoms with Gasteiger partial charge in [-0.1, -0.05) is 13.8 Å². The van der Waals surface area contributed by atoms with E-state index in [9.17, 15) is 23.2 Å². The summed E-state index contributed by atoms with van der Waals surface area (Å²) in [6.45, 7) is 5.25. The number of benzene rings is 2. The number of carbonyl (C=O) groups is 2. The maximum atomic E-state index is 15.2. The molecule has 3 rings (SSSR count). The third-order valence-corrected chi connectivity index (χ3v) is 6.52. The van der Waals surface area contributed by atoms with Crippen molar-refractivity contribution in [2.45, 2.75) is 32.7 Å². The quantitative estimate of drug-likeness (QED) is 0.113.